The molecule has 1 fully saturated rings. The van der Waals surface area contributed by atoms with Gasteiger partial charge in [-0.3, -0.25) is 4.79 Å². The van der Waals surface area contributed by atoms with Crippen LogP contribution in [0.4, 0.5) is 0 Å². The Morgan fingerprint density at radius 1 is 1.73 bits per heavy atom. The molecule has 1 saturated heterocycles. The number of carbonyl (C=O) groups excluding carboxylic acids is 1. The number of hydrogen-bond acceptors (Lipinski definition) is 3. The first-order valence-electron chi connectivity index (χ1n) is 3.63. The third-order valence-corrected chi connectivity index (χ3v) is 1.50. The molecule has 0 spiro atoms. The highest BCUT2D eigenvalue weighted by Gasteiger charge is 2.32. The van der Waals surface area contributed by atoms with Gasteiger partial charge >= 0.3 is 0 Å². The van der Waals surface area contributed by atoms with Crippen molar-refractivity contribution in [3.05, 3.63) is 0 Å². The number of ether oxygens (including phenoxy) is 2. The van der Waals surface area contributed by atoms with E-state index < -0.39 is 5.79 Å². The molecule has 1 atom stereocenters. The van der Waals surface area contributed by atoms with Gasteiger partial charge in [0.15, 0.2) is 5.79 Å². The molecule has 1 unspecified atom stereocenters. The van der Waals surface area contributed by atoms with Crippen LogP contribution in [0.5, 0.6) is 0 Å². The molecule has 0 aromatic rings. The number of rotatable bonds is 3. The predicted molar refractivity (Wildman–Crippen MR) is 39.0 cm³/mol. The van der Waals surface area contributed by atoms with Gasteiger partial charge < -0.3 is 14.8 Å². The van der Waals surface area contributed by atoms with Crippen molar-refractivity contribution >= 4 is 6.41 Å². The van der Waals surface area contributed by atoms with Crippen LogP contribution >= 0.6 is 0 Å². The maximum Gasteiger partial charge on any atom is 0.207 e. The summed E-state index contributed by atoms with van der Waals surface area (Å²) in [5.41, 5.74) is 0. The van der Waals surface area contributed by atoms with Crippen molar-refractivity contribution < 1.29 is 14.3 Å². The number of hydrogen-bond donors (Lipinski definition) is 1. The quantitative estimate of drug-likeness (QED) is 0.584. The SMILES string of the molecule is CC1(C)OCC(CNC=O)O1. The van der Waals surface area contributed by atoms with Gasteiger partial charge in [0.2, 0.25) is 6.41 Å². The van der Waals surface area contributed by atoms with Crippen molar-refractivity contribution in [2.24, 2.45) is 0 Å². The second-order valence-corrected chi connectivity index (χ2v) is 2.98. The fourth-order valence-corrected chi connectivity index (χ4v) is 1.04. The fourth-order valence-electron chi connectivity index (χ4n) is 1.04. The summed E-state index contributed by atoms with van der Waals surface area (Å²) in [6, 6.07) is 0. The van der Waals surface area contributed by atoms with E-state index in [-0.39, 0.29) is 6.10 Å². The van der Waals surface area contributed by atoms with Crippen LogP contribution in [0.15, 0.2) is 0 Å². The van der Waals surface area contributed by atoms with Gasteiger partial charge in [0.05, 0.1) is 6.61 Å². The third kappa shape index (κ3) is 2.48. The smallest absolute Gasteiger partial charge is 0.207 e. The minimum absolute atomic E-state index is 0.00444. The van der Waals surface area contributed by atoms with E-state index in [9.17, 15) is 4.79 Å². The molecular weight excluding hydrogens is 146 g/mol. The standard InChI is InChI=1S/C7H13NO3/c1-7(2)10-4-6(11-7)3-8-5-9/h5-6H,3-4H2,1-2H3,(H,8,9). The Hall–Kier alpha value is -0.610. The average molecular weight is 159 g/mol. The first kappa shape index (κ1) is 8.49. The summed E-state index contributed by atoms with van der Waals surface area (Å²) in [4.78, 5) is 9.92. The lowest BCUT2D eigenvalue weighted by Gasteiger charge is -2.16. The van der Waals surface area contributed by atoms with Gasteiger partial charge in [-0.1, -0.05) is 0 Å². The fraction of sp³-hybridized carbons (Fsp3) is 0.857. The zero-order valence-electron chi connectivity index (χ0n) is 6.79. The summed E-state index contributed by atoms with van der Waals surface area (Å²) < 4.78 is 10.7. The summed E-state index contributed by atoms with van der Waals surface area (Å²) >= 11 is 0. The monoisotopic (exact) mass is 159 g/mol. The maximum absolute atomic E-state index is 9.92. The van der Waals surface area contributed by atoms with Crippen LogP contribution in [-0.2, 0) is 14.3 Å². The van der Waals surface area contributed by atoms with Crippen molar-refractivity contribution in [1.29, 1.82) is 0 Å². The zero-order chi connectivity index (χ0) is 8.32. The van der Waals surface area contributed by atoms with Crippen LogP contribution in [-0.4, -0.2) is 31.5 Å². The molecule has 4 nitrogen and oxygen atoms in total. The van der Waals surface area contributed by atoms with Crippen LogP contribution in [0.1, 0.15) is 13.8 Å². The summed E-state index contributed by atoms with van der Waals surface area (Å²) in [6.45, 7) is 4.78. The Labute approximate surface area is 65.9 Å². The number of carbonyl (C=O) groups is 1. The van der Waals surface area contributed by atoms with E-state index in [1.54, 1.807) is 0 Å². The van der Waals surface area contributed by atoms with E-state index in [1.165, 1.54) is 0 Å². The van der Waals surface area contributed by atoms with E-state index >= 15 is 0 Å². The Morgan fingerprint density at radius 3 is 2.91 bits per heavy atom. The predicted octanol–water partition coefficient (Wildman–Crippen LogP) is -0.116. The molecule has 4 heteroatoms. The van der Waals surface area contributed by atoms with Gasteiger partial charge in [0.25, 0.3) is 0 Å². The van der Waals surface area contributed by atoms with Gasteiger partial charge in [0, 0.05) is 6.54 Å². The van der Waals surface area contributed by atoms with Crippen molar-refractivity contribution in [2.75, 3.05) is 13.2 Å². The van der Waals surface area contributed by atoms with Crippen molar-refractivity contribution in [3.8, 4) is 0 Å². The minimum Gasteiger partial charge on any atom is -0.356 e. The molecular formula is C7H13NO3. The lowest BCUT2D eigenvalue weighted by Crippen LogP contribution is -2.29. The lowest BCUT2D eigenvalue weighted by atomic mass is 10.4. The molecule has 11 heavy (non-hydrogen) atoms. The molecule has 64 valence electrons. The molecule has 1 rings (SSSR count). The van der Waals surface area contributed by atoms with Gasteiger partial charge in [-0.15, -0.1) is 0 Å². The Morgan fingerprint density at radius 2 is 2.45 bits per heavy atom. The van der Waals surface area contributed by atoms with Crippen LogP contribution in [0, 0.1) is 0 Å². The van der Waals surface area contributed by atoms with Gasteiger partial charge in [-0.25, -0.2) is 0 Å². The molecule has 1 heterocycles. The molecule has 1 aliphatic rings. The highest BCUT2D eigenvalue weighted by molar-refractivity contribution is 5.45. The Balaban J connectivity index is 2.24. The van der Waals surface area contributed by atoms with E-state index in [1.807, 2.05) is 13.8 Å². The van der Waals surface area contributed by atoms with Crippen molar-refractivity contribution in [3.63, 3.8) is 0 Å². The first-order valence-corrected chi connectivity index (χ1v) is 3.63. The van der Waals surface area contributed by atoms with Crippen molar-refractivity contribution in [2.45, 2.75) is 25.7 Å². The first-order chi connectivity index (χ1) is 5.14. The molecule has 0 aromatic heterocycles. The maximum atomic E-state index is 9.92. The molecule has 0 bridgehead atoms. The normalized spacial score (nSPS) is 28.4. The molecule has 0 radical (unpaired) electrons. The molecule has 1 N–H and O–H groups in total. The summed E-state index contributed by atoms with van der Waals surface area (Å²) in [5, 5.41) is 2.54. The average Bonchev–Trinajstić information content (AvgIpc) is 2.26. The largest absolute Gasteiger partial charge is 0.356 e. The van der Waals surface area contributed by atoms with Gasteiger partial charge in [-0.2, -0.15) is 0 Å². The van der Waals surface area contributed by atoms with Crippen molar-refractivity contribution in [1.82, 2.24) is 5.32 Å². The van der Waals surface area contributed by atoms with Crippen LogP contribution in [0.2, 0.25) is 0 Å². The Bertz CT molecular complexity index is 147. The summed E-state index contributed by atoms with van der Waals surface area (Å²) in [6.07, 6.45) is 0.657. The second kappa shape index (κ2) is 3.19. The third-order valence-electron chi connectivity index (χ3n) is 1.50. The molecule has 1 amide bonds. The summed E-state index contributed by atoms with van der Waals surface area (Å²) in [5.74, 6) is -0.491. The van der Waals surface area contributed by atoms with Crippen LogP contribution < -0.4 is 5.32 Å². The number of nitrogens with one attached hydrogen (secondary N) is 1. The minimum atomic E-state index is -0.491. The van der Waals surface area contributed by atoms with Gasteiger partial charge in [0.1, 0.15) is 6.10 Å². The topological polar surface area (TPSA) is 47.6 Å². The molecule has 1 aliphatic heterocycles. The highest BCUT2D eigenvalue weighted by Crippen LogP contribution is 2.21. The van der Waals surface area contributed by atoms with E-state index in [4.69, 9.17) is 9.47 Å². The molecule has 0 saturated carbocycles. The van der Waals surface area contributed by atoms with Gasteiger partial charge in [-0.05, 0) is 13.8 Å². The molecule has 0 aromatic carbocycles. The van der Waals surface area contributed by atoms with E-state index in [2.05, 4.69) is 5.32 Å². The number of amides is 1. The lowest BCUT2D eigenvalue weighted by molar-refractivity contribution is -0.138. The van der Waals surface area contributed by atoms with E-state index in [0.29, 0.717) is 19.6 Å². The Kier molecular flexibility index (Phi) is 2.46. The second-order valence-electron chi connectivity index (χ2n) is 2.98. The highest BCUT2D eigenvalue weighted by atomic mass is 16.7. The van der Waals surface area contributed by atoms with Crippen LogP contribution in [0.3, 0.4) is 0 Å². The zero-order valence-corrected chi connectivity index (χ0v) is 6.79. The van der Waals surface area contributed by atoms with Crippen LogP contribution in [0.25, 0.3) is 0 Å². The summed E-state index contributed by atoms with van der Waals surface area (Å²) in [7, 11) is 0. The molecule has 0 aliphatic carbocycles. The van der Waals surface area contributed by atoms with E-state index in [0.717, 1.165) is 0 Å².